The van der Waals surface area contributed by atoms with E-state index in [1.807, 2.05) is 60.7 Å². The number of hydrogen-bond donors (Lipinski definition) is 4. The lowest BCUT2D eigenvalue weighted by molar-refractivity contribution is 0.0952. The number of hydrogen-bond acceptors (Lipinski definition) is 5. The fourth-order valence-corrected chi connectivity index (χ4v) is 3.26. The molecule has 1 amide bonds. The van der Waals surface area contributed by atoms with Crippen LogP contribution in [0.3, 0.4) is 0 Å². The van der Waals surface area contributed by atoms with Gasteiger partial charge in [-0.3, -0.25) is 4.79 Å². The molecule has 0 fully saturated rings. The van der Waals surface area contributed by atoms with Crippen molar-refractivity contribution in [1.82, 2.24) is 10.3 Å². The number of nitrogens with two attached hydrogens (primary N) is 1. The molecule has 0 spiro atoms. The first kappa shape index (κ1) is 20.0. The molecule has 1 aromatic heterocycles. The number of anilines is 3. The number of rotatable bonds is 7. The summed E-state index contributed by atoms with van der Waals surface area (Å²) < 4.78 is 0. The van der Waals surface area contributed by atoms with Gasteiger partial charge in [0.25, 0.3) is 5.91 Å². The Hall–Kier alpha value is -4.32. The SMILES string of the molecule is C=C(Nc1cc2ccccc2cn1)Nc1c(N)cccc1C(=O)NCc1ccccc1. The van der Waals surface area contributed by atoms with Crippen molar-refractivity contribution in [2.75, 3.05) is 16.4 Å². The van der Waals surface area contributed by atoms with Gasteiger partial charge in [0.1, 0.15) is 11.6 Å². The highest BCUT2D eigenvalue weighted by molar-refractivity contribution is 6.02. The zero-order valence-electron chi connectivity index (χ0n) is 16.9. The minimum atomic E-state index is -0.227. The average molecular weight is 409 g/mol. The fraction of sp³-hybridized carbons (Fsp3) is 0.0400. The highest BCUT2D eigenvalue weighted by Gasteiger charge is 2.14. The van der Waals surface area contributed by atoms with Crippen LogP contribution in [0.1, 0.15) is 15.9 Å². The molecule has 0 atom stereocenters. The van der Waals surface area contributed by atoms with Crippen molar-refractivity contribution in [3.63, 3.8) is 0 Å². The number of nitrogen functional groups attached to an aromatic ring is 1. The van der Waals surface area contributed by atoms with Gasteiger partial charge in [-0.25, -0.2) is 4.98 Å². The Morgan fingerprint density at radius 2 is 1.65 bits per heavy atom. The number of amides is 1. The number of carbonyl (C=O) groups excluding carboxylic acids is 1. The number of carbonyl (C=O) groups is 1. The summed E-state index contributed by atoms with van der Waals surface area (Å²) in [6, 6.07) is 24.8. The standard InChI is InChI=1S/C25H23N5O/c1-17(29-23-14-19-10-5-6-11-20(19)16-27-23)30-24-21(12-7-13-22(24)26)25(31)28-15-18-8-3-2-4-9-18/h2-14,16,30H,1,15,26H2,(H,27,29)(H,28,31). The molecule has 3 aromatic carbocycles. The van der Waals surface area contributed by atoms with E-state index in [0.29, 0.717) is 35.1 Å². The van der Waals surface area contributed by atoms with Gasteiger partial charge in [0.05, 0.1) is 16.9 Å². The van der Waals surface area contributed by atoms with E-state index < -0.39 is 0 Å². The molecule has 0 bridgehead atoms. The third-order valence-electron chi connectivity index (χ3n) is 4.82. The molecule has 4 rings (SSSR count). The first-order valence-corrected chi connectivity index (χ1v) is 9.88. The number of para-hydroxylation sites is 1. The fourth-order valence-electron chi connectivity index (χ4n) is 3.26. The molecular formula is C25H23N5O. The van der Waals surface area contributed by atoms with Gasteiger partial charge < -0.3 is 21.7 Å². The van der Waals surface area contributed by atoms with Crippen molar-refractivity contribution in [2.45, 2.75) is 6.54 Å². The number of benzene rings is 3. The molecule has 0 radical (unpaired) electrons. The van der Waals surface area contributed by atoms with E-state index in [1.54, 1.807) is 24.4 Å². The summed E-state index contributed by atoms with van der Waals surface area (Å²) in [5, 5.41) is 11.3. The van der Waals surface area contributed by atoms with Gasteiger partial charge in [-0.1, -0.05) is 67.2 Å². The van der Waals surface area contributed by atoms with Crippen LogP contribution in [-0.2, 0) is 6.54 Å². The molecule has 0 aliphatic rings. The van der Waals surface area contributed by atoms with E-state index in [4.69, 9.17) is 5.73 Å². The van der Waals surface area contributed by atoms with Gasteiger partial charge in [-0.05, 0) is 29.1 Å². The van der Waals surface area contributed by atoms with Crippen LogP contribution in [0.15, 0.2) is 97.5 Å². The molecule has 0 saturated heterocycles. The van der Waals surface area contributed by atoms with Crippen LogP contribution >= 0.6 is 0 Å². The van der Waals surface area contributed by atoms with Crippen molar-refractivity contribution < 1.29 is 4.79 Å². The highest BCUT2D eigenvalue weighted by atomic mass is 16.1. The summed E-state index contributed by atoms with van der Waals surface area (Å²) in [7, 11) is 0. The minimum absolute atomic E-state index is 0.227. The van der Waals surface area contributed by atoms with Crippen molar-refractivity contribution >= 4 is 33.9 Å². The molecule has 1 heterocycles. The predicted molar refractivity (Wildman–Crippen MR) is 127 cm³/mol. The third-order valence-corrected chi connectivity index (χ3v) is 4.82. The van der Waals surface area contributed by atoms with Crippen LogP contribution < -0.4 is 21.7 Å². The van der Waals surface area contributed by atoms with Crippen molar-refractivity contribution in [3.8, 4) is 0 Å². The van der Waals surface area contributed by atoms with Crippen LogP contribution in [0.5, 0.6) is 0 Å². The van der Waals surface area contributed by atoms with Gasteiger partial charge >= 0.3 is 0 Å². The Morgan fingerprint density at radius 3 is 2.45 bits per heavy atom. The van der Waals surface area contributed by atoms with Crippen LogP contribution in [0, 0.1) is 0 Å². The molecule has 6 nitrogen and oxygen atoms in total. The van der Waals surface area contributed by atoms with E-state index >= 15 is 0 Å². The summed E-state index contributed by atoms with van der Waals surface area (Å²) in [5.41, 5.74) is 8.55. The van der Waals surface area contributed by atoms with Gasteiger partial charge in [-0.15, -0.1) is 0 Å². The minimum Gasteiger partial charge on any atom is -0.397 e. The van der Waals surface area contributed by atoms with E-state index in [1.165, 1.54) is 0 Å². The Labute approximate surface area is 180 Å². The van der Waals surface area contributed by atoms with Crippen LogP contribution in [-0.4, -0.2) is 10.9 Å². The van der Waals surface area contributed by atoms with E-state index in [2.05, 4.69) is 27.5 Å². The Morgan fingerprint density at radius 1 is 0.903 bits per heavy atom. The molecule has 0 aliphatic heterocycles. The lowest BCUT2D eigenvalue weighted by Crippen LogP contribution is -2.24. The van der Waals surface area contributed by atoms with Gasteiger partial charge in [0.2, 0.25) is 0 Å². The number of aromatic nitrogens is 1. The average Bonchev–Trinajstić information content (AvgIpc) is 2.79. The first-order chi connectivity index (χ1) is 15.1. The second-order valence-corrected chi connectivity index (χ2v) is 7.08. The topological polar surface area (TPSA) is 92.1 Å². The second kappa shape index (κ2) is 9.00. The molecule has 6 heteroatoms. The first-order valence-electron chi connectivity index (χ1n) is 9.88. The van der Waals surface area contributed by atoms with E-state index in [-0.39, 0.29) is 5.91 Å². The monoisotopic (exact) mass is 409 g/mol. The summed E-state index contributed by atoms with van der Waals surface area (Å²) >= 11 is 0. The predicted octanol–water partition coefficient (Wildman–Crippen LogP) is 4.74. The largest absolute Gasteiger partial charge is 0.397 e. The zero-order valence-corrected chi connectivity index (χ0v) is 16.9. The van der Waals surface area contributed by atoms with Crippen molar-refractivity contribution in [1.29, 1.82) is 0 Å². The highest BCUT2D eigenvalue weighted by Crippen LogP contribution is 2.25. The molecule has 4 aromatic rings. The molecule has 31 heavy (non-hydrogen) atoms. The Kier molecular flexibility index (Phi) is 5.80. The number of fused-ring (bicyclic) bond motifs is 1. The summed E-state index contributed by atoms with van der Waals surface area (Å²) in [4.78, 5) is 17.2. The van der Waals surface area contributed by atoms with E-state index in [9.17, 15) is 4.79 Å². The summed E-state index contributed by atoms with van der Waals surface area (Å²) in [5.74, 6) is 0.869. The Bertz CT molecular complexity index is 1240. The normalized spacial score (nSPS) is 10.5. The third kappa shape index (κ3) is 4.82. The summed E-state index contributed by atoms with van der Waals surface area (Å²) in [6.07, 6.45) is 1.80. The van der Waals surface area contributed by atoms with Crippen molar-refractivity contribution in [3.05, 3.63) is 109 Å². The maximum absolute atomic E-state index is 12.8. The Balaban J connectivity index is 1.48. The number of nitrogens with one attached hydrogen (secondary N) is 3. The molecule has 0 unspecified atom stereocenters. The quantitative estimate of drug-likeness (QED) is 0.331. The van der Waals surface area contributed by atoms with Crippen LogP contribution in [0.25, 0.3) is 10.8 Å². The van der Waals surface area contributed by atoms with Gasteiger partial charge in [0.15, 0.2) is 0 Å². The lowest BCUT2D eigenvalue weighted by Gasteiger charge is -2.17. The number of pyridine rings is 1. The molecule has 154 valence electrons. The maximum atomic E-state index is 12.8. The van der Waals surface area contributed by atoms with E-state index in [0.717, 1.165) is 16.3 Å². The maximum Gasteiger partial charge on any atom is 0.253 e. The lowest BCUT2D eigenvalue weighted by atomic mass is 10.1. The molecule has 0 aliphatic carbocycles. The van der Waals surface area contributed by atoms with Crippen molar-refractivity contribution in [2.24, 2.45) is 0 Å². The van der Waals surface area contributed by atoms with Crippen LogP contribution in [0.4, 0.5) is 17.2 Å². The second-order valence-electron chi connectivity index (χ2n) is 7.08. The summed E-state index contributed by atoms with van der Waals surface area (Å²) in [6.45, 7) is 4.44. The molecular weight excluding hydrogens is 386 g/mol. The van der Waals surface area contributed by atoms with Gasteiger partial charge in [-0.2, -0.15) is 0 Å². The van der Waals surface area contributed by atoms with Crippen LogP contribution in [0.2, 0.25) is 0 Å². The molecule has 0 saturated carbocycles. The molecule has 5 N–H and O–H groups in total. The number of nitrogens with zero attached hydrogens (tertiary/aromatic N) is 1. The van der Waals surface area contributed by atoms with Gasteiger partial charge in [0, 0.05) is 18.1 Å². The smallest absolute Gasteiger partial charge is 0.253 e. The zero-order chi connectivity index (χ0) is 21.6.